The first-order chi connectivity index (χ1) is 17.5. The van der Waals surface area contributed by atoms with E-state index in [0.717, 1.165) is 0 Å². The Kier molecular flexibility index (Phi) is 7.60. The van der Waals surface area contributed by atoms with E-state index in [-0.39, 0.29) is 5.91 Å². The van der Waals surface area contributed by atoms with Gasteiger partial charge in [0.15, 0.2) is 11.5 Å². The second-order valence-corrected chi connectivity index (χ2v) is 7.64. The fraction of sp³-hybridized carbons (Fsp3) is 0.185. The molecule has 0 saturated carbocycles. The van der Waals surface area contributed by atoms with Crippen LogP contribution < -0.4 is 34.3 Å². The number of ether oxygens (including phenoxy) is 5. The Morgan fingerprint density at radius 2 is 1.44 bits per heavy atom. The van der Waals surface area contributed by atoms with Crippen molar-refractivity contribution in [2.75, 3.05) is 45.2 Å². The summed E-state index contributed by atoms with van der Waals surface area (Å²) in [5.74, 6) is 1.63. The van der Waals surface area contributed by atoms with Crippen molar-refractivity contribution in [2.45, 2.75) is 0 Å². The van der Waals surface area contributed by atoms with Gasteiger partial charge in [-0.2, -0.15) is 0 Å². The van der Waals surface area contributed by atoms with Crippen LogP contribution in [0.15, 0.2) is 60.7 Å². The lowest BCUT2D eigenvalue weighted by atomic mass is 10.1. The van der Waals surface area contributed by atoms with E-state index in [1.54, 1.807) is 61.7 Å². The van der Waals surface area contributed by atoms with Crippen molar-refractivity contribution in [2.24, 2.45) is 0 Å². The monoisotopic (exact) mass is 490 g/mol. The van der Waals surface area contributed by atoms with E-state index in [2.05, 4.69) is 10.6 Å². The molecule has 1 aliphatic heterocycles. The van der Waals surface area contributed by atoms with Crippen LogP contribution in [0.2, 0.25) is 0 Å². The number of nitrogens with one attached hydrogen (secondary N) is 2. The molecule has 0 radical (unpaired) electrons. The number of hydrogen-bond acceptors (Lipinski definition) is 7. The van der Waals surface area contributed by atoms with E-state index in [4.69, 9.17) is 23.7 Å². The highest BCUT2D eigenvalue weighted by atomic mass is 16.6. The van der Waals surface area contributed by atoms with Gasteiger partial charge in [0.05, 0.1) is 32.7 Å². The van der Waals surface area contributed by atoms with Gasteiger partial charge < -0.3 is 34.3 Å². The minimum Gasteiger partial charge on any atom is -0.494 e. The van der Waals surface area contributed by atoms with Gasteiger partial charge in [0.2, 0.25) is 11.7 Å². The van der Waals surface area contributed by atoms with Crippen molar-refractivity contribution in [1.29, 1.82) is 0 Å². The summed E-state index contributed by atoms with van der Waals surface area (Å²) in [6.07, 6.45) is 3.01. The van der Waals surface area contributed by atoms with Crippen LogP contribution in [0.1, 0.15) is 15.9 Å². The molecule has 0 aromatic heterocycles. The van der Waals surface area contributed by atoms with Crippen LogP contribution >= 0.6 is 0 Å². The maximum absolute atomic E-state index is 12.7. The predicted molar refractivity (Wildman–Crippen MR) is 136 cm³/mol. The maximum atomic E-state index is 12.7. The molecule has 0 saturated heterocycles. The predicted octanol–water partition coefficient (Wildman–Crippen LogP) is 4.39. The Morgan fingerprint density at radius 3 is 2.11 bits per heavy atom. The molecule has 0 fully saturated rings. The molecular weight excluding hydrogens is 464 g/mol. The largest absolute Gasteiger partial charge is 0.494 e. The molecule has 2 amide bonds. The van der Waals surface area contributed by atoms with Crippen LogP contribution in [0.4, 0.5) is 11.4 Å². The average Bonchev–Trinajstić information content (AvgIpc) is 2.92. The van der Waals surface area contributed by atoms with E-state index in [1.165, 1.54) is 20.3 Å². The van der Waals surface area contributed by atoms with Crippen molar-refractivity contribution < 1.29 is 33.3 Å². The molecule has 9 heteroatoms. The second-order valence-electron chi connectivity index (χ2n) is 7.64. The first kappa shape index (κ1) is 24.5. The van der Waals surface area contributed by atoms with E-state index in [0.29, 0.717) is 64.5 Å². The quantitative estimate of drug-likeness (QED) is 0.452. The molecule has 2 N–H and O–H groups in total. The number of hydrogen-bond donors (Lipinski definition) is 2. The Hall–Kier alpha value is -4.66. The number of benzene rings is 3. The fourth-order valence-corrected chi connectivity index (χ4v) is 3.61. The Labute approximate surface area is 208 Å². The molecule has 0 aliphatic carbocycles. The van der Waals surface area contributed by atoms with Gasteiger partial charge in [-0.05, 0) is 35.9 Å². The van der Waals surface area contributed by atoms with Gasteiger partial charge in [0.1, 0.15) is 24.7 Å². The molecule has 3 aromatic rings. The minimum absolute atomic E-state index is 0.300. The summed E-state index contributed by atoms with van der Waals surface area (Å²) in [6.45, 7) is 0.883. The normalized spacial score (nSPS) is 12.1. The number of amides is 2. The Morgan fingerprint density at radius 1 is 0.806 bits per heavy atom. The van der Waals surface area contributed by atoms with Crippen molar-refractivity contribution in [1.82, 2.24) is 0 Å². The first-order valence-corrected chi connectivity index (χ1v) is 11.1. The second kappa shape index (κ2) is 11.2. The third-order valence-electron chi connectivity index (χ3n) is 5.34. The van der Waals surface area contributed by atoms with E-state index >= 15 is 0 Å². The number of anilines is 2. The third-order valence-corrected chi connectivity index (χ3v) is 5.34. The van der Waals surface area contributed by atoms with Gasteiger partial charge in [-0.3, -0.25) is 9.59 Å². The molecule has 0 unspecified atom stereocenters. The Balaban J connectivity index is 1.52. The maximum Gasteiger partial charge on any atom is 0.255 e. The topological polar surface area (TPSA) is 104 Å². The number of carbonyl (C=O) groups excluding carboxylic acids is 2. The van der Waals surface area contributed by atoms with Gasteiger partial charge in [-0.1, -0.05) is 18.2 Å². The molecule has 0 atom stereocenters. The summed E-state index contributed by atoms with van der Waals surface area (Å²) in [5, 5.41) is 5.59. The van der Waals surface area contributed by atoms with E-state index in [1.807, 2.05) is 6.07 Å². The number of fused-ring (bicyclic) bond motifs is 1. The van der Waals surface area contributed by atoms with E-state index in [9.17, 15) is 9.59 Å². The zero-order valence-corrected chi connectivity index (χ0v) is 20.1. The summed E-state index contributed by atoms with van der Waals surface area (Å²) < 4.78 is 27.5. The summed E-state index contributed by atoms with van der Waals surface area (Å²) in [5.41, 5.74) is 1.98. The summed E-state index contributed by atoms with van der Waals surface area (Å²) in [4.78, 5) is 25.3. The summed E-state index contributed by atoms with van der Waals surface area (Å²) >= 11 is 0. The summed E-state index contributed by atoms with van der Waals surface area (Å²) in [6, 6.07) is 15.5. The van der Waals surface area contributed by atoms with Gasteiger partial charge in [-0.25, -0.2) is 0 Å². The standard InChI is InChI=1S/C27H26N2O7/c1-32-21-16-20(29-27(31)18-7-5-4-6-8-18)22(33-2)15-19(21)28-25(30)10-9-17-13-23(34-3)26-24(14-17)35-11-12-36-26/h4-10,13-16H,11-12H2,1-3H3,(H,28,30)(H,29,31)/b10-9+. The van der Waals surface area contributed by atoms with Crippen LogP contribution in [0.5, 0.6) is 28.7 Å². The Bertz CT molecular complexity index is 1270. The zero-order chi connectivity index (χ0) is 25.5. The van der Waals surface area contributed by atoms with Crippen LogP contribution in [0, 0.1) is 0 Å². The fourth-order valence-electron chi connectivity index (χ4n) is 3.61. The van der Waals surface area contributed by atoms with Crippen LogP contribution in [0.3, 0.4) is 0 Å². The van der Waals surface area contributed by atoms with Crippen molar-refractivity contribution in [3.63, 3.8) is 0 Å². The van der Waals surface area contributed by atoms with Gasteiger partial charge in [0, 0.05) is 23.8 Å². The van der Waals surface area contributed by atoms with Crippen LogP contribution in [-0.2, 0) is 4.79 Å². The van der Waals surface area contributed by atoms with Gasteiger partial charge in [-0.15, -0.1) is 0 Å². The van der Waals surface area contributed by atoms with Crippen molar-refractivity contribution in [3.8, 4) is 28.7 Å². The lowest BCUT2D eigenvalue weighted by molar-refractivity contribution is -0.111. The number of rotatable bonds is 8. The van der Waals surface area contributed by atoms with Crippen molar-refractivity contribution >= 4 is 29.3 Å². The van der Waals surface area contributed by atoms with Crippen LogP contribution in [-0.4, -0.2) is 46.4 Å². The smallest absolute Gasteiger partial charge is 0.255 e. The van der Waals surface area contributed by atoms with Crippen molar-refractivity contribution in [3.05, 3.63) is 71.8 Å². The highest BCUT2D eigenvalue weighted by Gasteiger charge is 2.18. The SMILES string of the molecule is COc1cc(NC(=O)c2ccccc2)c(OC)cc1NC(=O)/C=C/c1cc(OC)c2c(c1)OCCO2. The highest BCUT2D eigenvalue weighted by molar-refractivity contribution is 6.06. The molecule has 3 aromatic carbocycles. The lowest BCUT2D eigenvalue weighted by Gasteiger charge is -2.20. The molecule has 36 heavy (non-hydrogen) atoms. The molecule has 0 spiro atoms. The number of methoxy groups -OCH3 is 3. The average molecular weight is 491 g/mol. The molecular formula is C27H26N2O7. The third kappa shape index (κ3) is 5.52. The highest BCUT2D eigenvalue weighted by Crippen LogP contribution is 2.41. The van der Waals surface area contributed by atoms with Gasteiger partial charge >= 0.3 is 0 Å². The molecule has 0 bridgehead atoms. The summed E-state index contributed by atoms with van der Waals surface area (Å²) in [7, 11) is 4.48. The first-order valence-electron chi connectivity index (χ1n) is 11.1. The molecule has 4 rings (SSSR count). The molecule has 1 heterocycles. The molecule has 9 nitrogen and oxygen atoms in total. The molecule has 1 aliphatic rings. The number of carbonyl (C=O) groups is 2. The minimum atomic E-state index is -0.398. The van der Waals surface area contributed by atoms with Crippen LogP contribution in [0.25, 0.3) is 6.08 Å². The zero-order valence-electron chi connectivity index (χ0n) is 20.1. The van der Waals surface area contributed by atoms with Gasteiger partial charge in [0.25, 0.3) is 5.91 Å². The lowest BCUT2D eigenvalue weighted by Crippen LogP contribution is -2.16. The van der Waals surface area contributed by atoms with E-state index < -0.39 is 5.91 Å². The molecule has 186 valence electrons.